The number of nitrogens with one attached hydrogen (secondary N) is 1. The van der Waals surface area contributed by atoms with Gasteiger partial charge in [-0.1, -0.05) is 78.9 Å². The smallest absolute Gasteiger partial charge is 0.248 e. The van der Waals surface area contributed by atoms with Gasteiger partial charge in [-0.3, -0.25) is 19.3 Å². The fourth-order valence-corrected chi connectivity index (χ4v) is 7.99. The van der Waals surface area contributed by atoms with Crippen LogP contribution in [-0.4, -0.2) is 28.7 Å². The predicted octanol–water partition coefficient (Wildman–Crippen LogP) is 5.97. The average Bonchev–Trinajstić information content (AvgIpc) is 3.27. The van der Waals surface area contributed by atoms with Gasteiger partial charge in [-0.05, 0) is 52.1 Å². The van der Waals surface area contributed by atoms with Crippen LogP contribution in [0.25, 0.3) is 0 Å². The van der Waals surface area contributed by atoms with Gasteiger partial charge >= 0.3 is 0 Å². The molecule has 4 aromatic carbocycles. The Balaban J connectivity index is 1.36. The number of imide groups is 1. The zero-order chi connectivity index (χ0) is 28.5. The Morgan fingerprint density at radius 2 is 1.17 bits per heavy atom. The Bertz CT molecular complexity index is 1600. The van der Waals surface area contributed by atoms with Crippen molar-refractivity contribution in [3.8, 4) is 0 Å². The number of hydrogen-bond acceptors (Lipinski definition) is 3. The number of anilines is 1. The topological polar surface area (TPSA) is 66.5 Å². The van der Waals surface area contributed by atoms with Crippen LogP contribution in [0.2, 0.25) is 0 Å². The van der Waals surface area contributed by atoms with E-state index in [2.05, 4.69) is 5.32 Å². The van der Waals surface area contributed by atoms with Crippen molar-refractivity contribution in [2.45, 2.75) is 22.2 Å². The molecule has 204 valence electrons. The first-order valence-corrected chi connectivity index (χ1v) is 14.1. The Morgan fingerprint density at radius 3 is 1.63 bits per heavy atom. The second-order valence-electron chi connectivity index (χ2n) is 10.7. The molecule has 8 heteroatoms. The molecule has 41 heavy (non-hydrogen) atoms. The van der Waals surface area contributed by atoms with Gasteiger partial charge in [-0.25, -0.2) is 4.39 Å². The molecule has 1 heterocycles. The van der Waals surface area contributed by atoms with Crippen LogP contribution < -0.4 is 5.32 Å². The second-order valence-corrected chi connectivity index (χ2v) is 11.9. The molecule has 1 saturated heterocycles. The van der Waals surface area contributed by atoms with Crippen LogP contribution in [0.5, 0.6) is 0 Å². The summed E-state index contributed by atoms with van der Waals surface area (Å²) in [5.41, 5.74) is 3.86. The molecule has 4 aliphatic rings. The van der Waals surface area contributed by atoms with Crippen LogP contribution in [0, 0.1) is 17.7 Å². The number of carbonyl (C=O) groups is 3. The normalized spacial score (nSPS) is 26.3. The highest BCUT2D eigenvalue weighted by atomic mass is 35.5. The SMILES string of the molecule is O=C(Nc1ccc(F)cc1)[C@H](Cc1ccccc1)N1C(=O)[C@@H]2[C@H](C1=O)C1(Cl)c3ccccc3C2(Cl)c2ccccc21. The maximum atomic E-state index is 14.5. The molecule has 5 nitrogen and oxygen atoms in total. The van der Waals surface area contributed by atoms with E-state index in [-0.39, 0.29) is 6.42 Å². The minimum absolute atomic E-state index is 0.0786. The average molecular weight is 585 g/mol. The molecule has 3 atom stereocenters. The lowest BCUT2D eigenvalue weighted by atomic mass is 9.54. The number of benzene rings is 4. The molecular formula is C33H23Cl2FN2O3. The number of halogens is 3. The van der Waals surface area contributed by atoms with E-state index in [0.29, 0.717) is 27.9 Å². The Morgan fingerprint density at radius 1 is 0.732 bits per heavy atom. The van der Waals surface area contributed by atoms with Gasteiger partial charge < -0.3 is 5.32 Å². The number of likely N-dealkylation sites (tertiary alicyclic amines) is 1. The Kier molecular flexibility index (Phi) is 5.86. The van der Waals surface area contributed by atoms with E-state index >= 15 is 0 Å². The third-order valence-corrected chi connectivity index (χ3v) is 9.90. The highest BCUT2D eigenvalue weighted by Gasteiger charge is 2.73. The number of carbonyl (C=O) groups excluding carboxylic acids is 3. The fraction of sp³-hybridized carbons (Fsp3) is 0.182. The van der Waals surface area contributed by atoms with Gasteiger partial charge in [-0.15, -0.1) is 23.2 Å². The minimum Gasteiger partial charge on any atom is -0.324 e. The molecule has 1 N–H and O–H groups in total. The van der Waals surface area contributed by atoms with Crippen LogP contribution in [0.15, 0.2) is 103 Å². The number of hydrogen-bond donors (Lipinski definition) is 1. The first kappa shape index (κ1) is 25.9. The van der Waals surface area contributed by atoms with Crippen LogP contribution in [0.3, 0.4) is 0 Å². The maximum absolute atomic E-state index is 14.5. The molecule has 8 rings (SSSR count). The van der Waals surface area contributed by atoms with E-state index < -0.39 is 51.2 Å². The van der Waals surface area contributed by atoms with Crippen molar-refractivity contribution in [3.05, 3.63) is 137 Å². The zero-order valence-electron chi connectivity index (χ0n) is 21.6. The summed E-state index contributed by atoms with van der Waals surface area (Å²) >= 11 is 15.1. The van der Waals surface area contributed by atoms with Crippen molar-refractivity contribution in [3.63, 3.8) is 0 Å². The van der Waals surface area contributed by atoms with Gasteiger partial charge in [0, 0.05) is 12.1 Å². The molecule has 4 aromatic rings. The fourth-order valence-electron chi connectivity index (χ4n) is 6.89. The van der Waals surface area contributed by atoms with E-state index in [9.17, 15) is 18.8 Å². The van der Waals surface area contributed by atoms with E-state index in [1.807, 2.05) is 78.9 Å². The van der Waals surface area contributed by atoms with E-state index in [4.69, 9.17) is 23.2 Å². The van der Waals surface area contributed by atoms with Gasteiger partial charge in [0.15, 0.2) is 0 Å². The summed E-state index contributed by atoms with van der Waals surface area (Å²) in [6.45, 7) is 0. The summed E-state index contributed by atoms with van der Waals surface area (Å²) in [5, 5.41) is 2.76. The summed E-state index contributed by atoms with van der Waals surface area (Å²) in [5.74, 6) is -4.15. The lowest BCUT2D eigenvalue weighted by molar-refractivity contribution is -0.146. The van der Waals surface area contributed by atoms with Crippen molar-refractivity contribution < 1.29 is 18.8 Å². The molecule has 0 radical (unpaired) electrons. The second kappa shape index (κ2) is 9.26. The highest BCUT2D eigenvalue weighted by Crippen LogP contribution is 2.69. The van der Waals surface area contributed by atoms with Crippen molar-refractivity contribution in [1.82, 2.24) is 4.90 Å². The molecule has 3 aliphatic carbocycles. The van der Waals surface area contributed by atoms with E-state index in [1.165, 1.54) is 24.3 Å². The van der Waals surface area contributed by atoms with Crippen molar-refractivity contribution in [2.75, 3.05) is 5.32 Å². The lowest BCUT2D eigenvalue weighted by Gasteiger charge is -2.54. The Labute approximate surface area is 245 Å². The molecule has 0 saturated carbocycles. The van der Waals surface area contributed by atoms with Crippen molar-refractivity contribution in [1.29, 1.82) is 0 Å². The van der Waals surface area contributed by atoms with Crippen molar-refractivity contribution in [2.24, 2.45) is 11.8 Å². The monoisotopic (exact) mass is 584 g/mol. The van der Waals surface area contributed by atoms with E-state index in [1.54, 1.807) is 0 Å². The molecule has 2 bridgehead atoms. The third-order valence-electron chi connectivity index (χ3n) is 8.62. The highest BCUT2D eigenvalue weighted by molar-refractivity contribution is 6.36. The lowest BCUT2D eigenvalue weighted by Crippen LogP contribution is -2.57. The standard InChI is InChI=1S/C33H23Cl2FN2O3/c34-32-22-10-4-5-11-23(22)33(35,25-13-7-6-12-24(25)32)28-27(32)30(40)38(31(28)41)26(18-19-8-2-1-3-9-19)29(39)37-21-16-14-20(36)15-17-21/h1-17,26-28H,18H2,(H,37,39)/t26-,27-,28+,32?,33?/m0/s1. The molecular weight excluding hydrogens is 562 g/mol. The quantitative estimate of drug-likeness (QED) is 0.232. The Hall–Kier alpha value is -4.00. The summed E-state index contributed by atoms with van der Waals surface area (Å²) in [7, 11) is 0. The van der Waals surface area contributed by atoms with Crippen molar-refractivity contribution >= 4 is 46.6 Å². The third kappa shape index (κ3) is 3.57. The number of alkyl halides is 2. The molecule has 1 fully saturated rings. The molecule has 0 unspecified atom stereocenters. The number of nitrogens with zero attached hydrogens (tertiary/aromatic N) is 1. The summed E-state index contributed by atoms with van der Waals surface area (Å²) < 4.78 is 13.5. The molecule has 3 amide bonds. The minimum atomic E-state index is -1.35. The number of amides is 3. The largest absolute Gasteiger partial charge is 0.324 e. The van der Waals surface area contributed by atoms with Gasteiger partial charge in [0.25, 0.3) is 0 Å². The van der Waals surface area contributed by atoms with Gasteiger partial charge in [0.2, 0.25) is 17.7 Å². The first-order valence-electron chi connectivity index (χ1n) is 13.3. The van der Waals surface area contributed by atoms with Gasteiger partial charge in [-0.2, -0.15) is 0 Å². The predicted molar refractivity (Wildman–Crippen MR) is 154 cm³/mol. The maximum Gasteiger partial charge on any atom is 0.248 e. The molecule has 0 spiro atoms. The van der Waals surface area contributed by atoms with Crippen LogP contribution >= 0.6 is 23.2 Å². The van der Waals surface area contributed by atoms with Gasteiger partial charge in [0.05, 0.1) is 11.8 Å². The summed E-state index contributed by atoms with van der Waals surface area (Å²) in [6, 6.07) is 28.1. The molecule has 1 aliphatic heterocycles. The first-order chi connectivity index (χ1) is 19.8. The molecule has 0 aromatic heterocycles. The van der Waals surface area contributed by atoms with E-state index in [0.717, 1.165) is 10.5 Å². The summed E-state index contributed by atoms with van der Waals surface area (Å²) in [6.07, 6.45) is 0.0786. The van der Waals surface area contributed by atoms with Crippen LogP contribution in [0.4, 0.5) is 10.1 Å². The van der Waals surface area contributed by atoms with Crippen LogP contribution in [0.1, 0.15) is 27.8 Å². The summed E-state index contributed by atoms with van der Waals surface area (Å²) in [4.78, 5) is 41.2. The van der Waals surface area contributed by atoms with Crippen LogP contribution in [-0.2, 0) is 30.6 Å². The zero-order valence-corrected chi connectivity index (χ0v) is 23.1. The van der Waals surface area contributed by atoms with Gasteiger partial charge in [0.1, 0.15) is 21.6 Å². The number of rotatable bonds is 5.